The predicted molar refractivity (Wildman–Crippen MR) is 61.5 cm³/mol. The van der Waals surface area contributed by atoms with Crippen LogP contribution in [0.15, 0.2) is 16.5 Å². The minimum absolute atomic E-state index is 0.186. The van der Waals surface area contributed by atoms with Crippen molar-refractivity contribution in [2.45, 2.75) is 18.1 Å². The summed E-state index contributed by atoms with van der Waals surface area (Å²) in [4.78, 5) is 11.5. The minimum Gasteiger partial charge on any atom is -0.440 e. The molecule has 1 aliphatic rings. The summed E-state index contributed by atoms with van der Waals surface area (Å²) < 4.78 is 5.01. The van der Waals surface area contributed by atoms with Gasteiger partial charge in [-0.2, -0.15) is 11.8 Å². The molecule has 2 rings (SSSR count). The zero-order valence-corrected chi connectivity index (χ0v) is 9.74. The van der Waals surface area contributed by atoms with E-state index in [1.165, 1.54) is 18.6 Å². The second-order valence-electron chi connectivity index (χ2n) is 3.45. The van der Waals surface area contributed by atoms with E-state index in [2.05, 4.69) is 5.32 Å². The van der Waals surface area contributed by atoms with E-state index in [1.54, 1.807) is 12.1 Å². The number of nitrogens with one attached hydrogen (secondary N) is 1. The van der Waals surface area contributed by atoms with Gasteiger partial charge in [0.15, 0.2) is 11.0 Å². The van der Waals surface area contributed by atoms with Crippen LogP contribution in [0.2, 0.25) is 5.22 Å². The van der Waals surface area contributed by atoms with Gasteiger partial charge in [0, 0.05) is 11.8 Å². The number of amides is 1. The van der Waals surface area contributed by atoms with Crippen molar-refractivity contribution in [3.63, 3.8) is 0 Å². The first-order chi connectivity index (χ1) is 7.25. The predicted octanol–water partition coefficient (Wildman–Crippen LogP) is 2.56. The summed E-state index contributed by atoms with van der Waals surface area (Å²) in [7, 11) is 0. The van der Waals surface area contributed by atoms with Crippen molar-refractivity contribution in [3.8, 4) is 0 Å². The van der Waals surface area contributed by atoms with Crippen molar-refractivity contribution in [3.05, 3.63) is 23.1 Å². The number of hydrogen-bond acceptors (Lipinski definition) is 3. The third-order valence-electron chi connectivity index (χ3n) is 2.31. The molecule has 0 aromatic carbocycles. The van der Waals surface area contributed by atoms with Gasteiger partial charge >= 0.3 is 0 Å². The number of furan rings is 1. The summed E-state index contributed by atoms with van der Waals surface area (Å²) in [6.45, 7) is 0.710. The molecule has 2 heterocycles. The first-order valence-electron chi connectivity index (χ1n) is 4.91. The highest BCUT2D eigenvalue weighted by Crippen LogP contribution is 2.25. The second-order valence-corrected chi connectivity index (χ2v) is 5.23. The quantitative estimate of drug-likeness (QED) is 0.890. The Kier molecular flexibility index (Phi) is 3.59. The first kappa shape index (κ1) is 10.9. The maximum absolute atomic E-state index is 11.5. The molecule has 0 saturated carbocycles. The standard InChI is InChI=1S/C10H12ClNO2S/c11-9-4-3-8(14-9)10(13)12-6-7-2-1-5-15-7/h3-4,7H,1-2,5-6H2,(H,12,13). The van der Waals surface area contributed by atoms with Gasteiger partial charge in [-0.1, -0.05) is 0 Å². The van der Waals surface area contributed by atoms with E-state index in [9.17, 15) is 4.79 Å². The number of carbonyl (C=O) groups is 1. The molecule has 1 atom stereocenters. The SMILES string of the molecule is O=C(NCC1CCCS1)c1ccc(Cl)o1. The molecule has 1 unspecified atom stereocenters. The highest BCUT2D eigenvalue weighted by atomic mass is 35.5. The fourth-order valence-corrected chi connectivity index (χ4v) is 2.88. The molecule has 1 fully saturated rings. The van der Waals surface area contributed by atoms with Crippen LogP contribution >= 0.6 is 23.4 Å². The van der Waals surface area contributed by atoms with E-state index in [4.69, 9.17) is 16.0 Å². The molecule has 1 saturated heterocycles. The second kappa shape index (κ2) is 4.94. The zero-order chi connectivity index (χ0) is 10.7. The monoisotopic (exact) mass is 245 g/mol. The normalized spacial score (nSPS) is 20.5. The molecule has 1 aromatic rings. The summed E-state index contributed by atoms with van der Waals surface area (Å²) >= 11 is 7.49. The molecule has 0 bridgehead atoms. The van der Waals surface area contributed by atoms with Crippen LogP contribution in [-0.4, -0.2) is 23.5 Å². The van der Waals surface area contributed by atoms with Gasteiger partial charge < -0.3 is 9.73 Å². The molecule has 1 amide bonds. The van der Waals surface area contributed by atoms with Gasteiger partial charge in [-0.05, 0) is 42.3 Å². The van der Waals surface area contributed by atoms with E-state index in [-0.39, 0.29) is 16.9 Å². The molecular formula is C10H12ClNO2S. The van der Waals surface area contributed by atoms with Gasteiger partial charge in [0.25, 0.3) is 5.91 Å². The Balaban J connectivity index is 1.81. The Hall–Kier alpha value is -0.610. The average molecular weight is 246 g/mol. The summed E-state index contributed by atoms with van der Waals surface area (Å²) in [6.07, 6.45) is 2.43. The average Bonchev–Trinajstić information content (AvgIpc) is 2.84. The minimum atomic E-state index is -0.186. The number of hydrogen-bond donors (Lipinski definition) is 1. The van der Waals surface area contributed by atoms with Crippen LogP contribution in [0.4, 0.5) is 0 Å². The molecule has 5 heteroatoms. The van der Waals surface area contributed by atoms with E-state index in [0.717, 1.165) is 0 Å². The number of rotatable bonds is 3. The molecule has 15 heavy (non-hydrogen) atoms. The van der Waals surface area contributed by atoms with Crippen molar-refractivity contribution in [1.82, 2.24) is 5.32 Å². The summed E-state index contributed by atoms with van der Waals surface area (Å²) in [6, 6.07) is 3.15. The molecule has 0 spiro atoms. The molecule has 1 N–H and O–H groups in total. The van der Waals surface area contributed by atoms with E-state index in [1.807, 2.05) is 11.8 Å². The van der Waals surface area contributed by atoms with Crippen molar-refractivity contribution < 1.29 is 9.21 Å². The van der Waals surface area contributed by atoms with Gasteiger partial charge in [-0.3, -0.25) is 4.79 Å². The van der Waals surface area contributed by atoms with Crippen LogP contribution in [0.3, 0.4) is 0 Å². The van der Waals surface area contributed by atoms with Crippen LogP contribution in [0, 0.1) is 0 Å². The van der Waals surface area contributed by atoms with Gasteiger partial charge in [0.1, 0.15) is 0 Å². The molecular weight excluding hydrogens is 234 g/mol. The van der Waals surface area contributed by atoms with Crippen molar-refractivity contribution in [1.29, 1.82) is 0 Å². The van der Waals surface area contributed by atoms with Crippen LogP contribution < -0.4 is 5.32 Å². The van der Waals surface area contributed by atoms with Crippen molar-refractivity contribution >= 4 is 29.3 Å². The van der Waals surface area contributed by atoms with Crippen molar-refractivity contribution in [2.75, 3.05) is 12.3 Å². The summed E-state index contributed by atoms with van der Waals surface area (Å²) in [5.41, 5.74) is 0. The van der Waals surface area contributed by atoms with E-state index >= 15 is 0 Å². The smallest absolute Gasteiger partial charge is 0.287 e. The van der Waals surface area contributed by atoms with Gasteiger partial charge in [-0.25, -0.2) is 0 Å². The Morgan fingerprint density at radius 3 is 3.13 bits per heavy atom. The lowest BCUT2D eigenvalue weighted by molar-refractivity contribution is 0.0926. The lowest BCUT2D eigenvalue weighted by Crippen LogP contribution is -2.29. The molecule has 0 aliphatic carbocycles. The van der Waals surface area contributed by atoms with Gasteiger partial charge in [-0.15, -0.1) is 0 Å². The van der Waals surface area contributed by atoms with Crippen LogP contribution in [0.1, 0.15) is 23.4 Å². The van der Waals surface area contributed by atoms with Crippen LogP contribution in [0.25, 0.3) is 0 Å². The molecule has 1 aromatic heterocycles. The van der Waals surface area contributed by atoms with Gasteiger partial charge in [0.2, 0.25) is 0 Å². The summed E-state index contributed by atoms with van der Waals surface area (Å²) in [5.74, 6) is 1.30. The fraction of sp³-hybridized carbons (Fsp3) is 0.500. The lowest BCUT2D eigenvalue weighted by Gasteiger charge is -2.08. The number of halogens is 1. The topological polar surface area (TPSA) is 42.2 Å². The lowest BCUT2D eigenvalue weighted by atomic mass is 10.2. The maximum Gasteiger partial charge on any atom is 0.287 e. The Bertz CT molecular complexity index is 347. The van der Waals surface area contributed by atoms with E-state index in [0.29, 0.717) is 11.8 Å². The molecule has 1 aliphatic heterocycles. The first-order valence-corrected chi connectivity index (χ1v) is 6.33. The Morgan fingerprint density at radius 1 is 1.67 bits per heavy atom. The Morgan fingerprint density at radius 2 is 2.53 bits per heavy atom. The third-order valence-corrected chi connectivity index (χ3v) is 3.91. The zero-order valence-electron chi connectivity index (χ0n) is 8.16. The van der Waals surface area contributed by atoms with Gasteiger partial charge in [0.05, 0.1) is 0 Å². The highest BCUT2D eigenvalue weighted by Gasteiger charge is 2.17. The van der Waals surface area contributed by atoms with Crippen molar-refractivity contribution in [2.24, 2.45) is 0 Å². The molecule has 3 nitrogen and oxygen atoms in total. The molecule has 0 radical (unpaired) electrons. The Labute approximate surface area is 97.5 Å². The summed E-state index contributed by atoms with van der Waals surface area (Å²) in [5, 5.41) is 3.64. The maximum atomic E-state index is 11.5. The van der Waals surface area contributed by atoms with E-state index < -0.39 is 0 Å². The molecule has 82 valence electrons. The number of thioether (sulfide) groups is 1. The fourth-order valence-electron chi connectivity index (χ4n) is 1.54. The largest absolute Gasteiger partial charge is 0.440 e. The van der Waals surface area contributed by atoms with Crippen LogP contribution in [0.5, 0.6) is 0 Å². The third kappa shape index (κ3) is 2.92. The highest BCUT2D eigenvalue weighted by molar-refractivity contribution is 8.00. The number of carbonyl (C=O) groups excluding carboxylic acids is 1. The van der Waals surface area contributed by atoms with Crippen LogP contribution in [-0.2, 0) is 0 Å².